The molecule has 2 rings (SSSR count). The molecule has 1 heterocycles. The SMILES string of the molecule is CCOC(=O)C#C[C@](C)(OC(C)=O)[C@@]12CCC[C@@H]1O2. The van der Waals surface area contributed by atoms with Gasteiger partial charge in [0.2, 0.25) is 5.60 Å². The summed E-state index contributed by atoms with van der Waals surface area (Å²) in [6, 6.07) is 0. The Hall–Kier alpha value is -1.54. The highest BCUT2D eigenvalue weighted by atomic mass is 16.7. The van der Waals surface area contributed by atoms with Gasteiger partial charge >= 0.3 is 11.9 Å². The lowest BCUT2D eigenvalue weighted by Gasteiger charge is -2.29. The monoisotopic (exact) mass is 266 g/mol. The third-order valence-electron chi connectivity index (χ3n) is 3.66. The zero-order valence-electron chi connectivity index (χ0n) is 11.4. The minimum absolute atomic E-state index is 0.0772. The van der Waals surface area contributed by atoms with Gasteiger partial charge in [0.05, 0.1) is 12.7 Å². The maximum atomic E-state index is 11.3. The highest BCUT2D eigenvalue weighted by Crippen LogP contribution is 2.57. The van der Waals surface area contributed by atoms with Crippen LogP contribution >= 0.6 is 0 Å². The van der Waals surface area contributed by atoms with Crippen LogP contribution in [-0.2, 0) is 23.8 Å². The number of hydrogen-bond acceptors (Lipinski definition) is 5. The largest absolute Gasteiger partial charge is 0.456 e. The number of ether oxygens (including phenoxy) is 3. The molecule has 0 aromatic heterocycles. The summed E-state index contributed by atoms with van der Waals surface area (Å²) in [4.78, 5) is 22.6. The quantitative estimate of drug-likeness (QED) is 0.332. The van der Waals surface area contributed by atoms with Crippen LogP contribution in [-0.4, -0.2) is 35.9 Å². The first-order chi connectivity index (χ1) is 8.93. The van der Waals surface area contributed by atoms with Gasteiger partial charge in [0.25, 0.3) is 0 Å². The highest BCUT2D eigenvalue weighted by Gasteiger charge is 2.70. The summed E-state index contributed by atoms with van der Waals surface area (Å²) >= 11 is 0. The number of hydrogen-bond donors (Lipinski definition) is 0. The van der Waals surface area contributed by atoms with Crippen molar-refractivity contribution in [2.24, 2.45) is 0 Å². The Morgan fingerprint density at radius 2 is 2.26 bits per heavy atom. The lowest BCUT2D eigenvalue weighted by Crippen LogP contribution is -2.45. The van der Waals surface area contributed by atoms with Crippen molar-refractivity contribution in [1.82, 2.24) is 0 Å². The Labute approximate surface area is 112 Å². The Morgan fingerprint density at radius 3 is 2.74 bits per heavy atom. The molecule has 2 aliphatic rings. The lowest BCUT2D eigenvalue weighted by molar-refractivity contribution is -0.156. The Morgan fingerprint density at radius 1 is 1.53 bits per heavy atom. The fourth-order valence-corrected chi connectivity index (χ4v) is 2.78. The molecule has 0 bridgehead atoms. The maximum Gasteiger partial charge on any atom is 0.384 e. The van der Waals surface area contributed by atoms with Gasteiger partial charge in [-0.15, -0.1) is 0 Å². The van der Waals surface area contributed by atoms with E-state index >= 15 is 0 Å². The molecule has 3 atom stereocenters. The maximum absolute atomic E-state index is 11.3. The topological polar surface area (TPSA) is 65.1 Å². The smallest absolute Gasteiger partial charge is 0.384 e. The van der Waals surface area contributed by atoms with Crippen molar-refractivity contribution < 1.29 is 23.8 Å². The average Bonchev–Trinajstić information content (AvgIpc) is 2.90. The Kier molecular flexibility index (Phi) is 3.55. The number of carbonyl (C=O) groups is 2. The predicted octanol–water partition coefficient (Wildman–Crippen LogP) is 1.20. The molecule has 104 valence electrons. The van der Waals surface area contributed by atoms with E-state index in [0.29, 0.717) is 0 Å². The standard InChI is InChI=1S/C14H18O5/c1-4-17-12(16)7-9-13(3,18-10(2)15)14-8-5-6-11(14)19-14/h11H,4-6,8H2,1-3H3/t11-,13-,14+/m0/s1. The first-order valence-corrected chi connectivity index (χ1v) is 6.51. The number of carbonyl (C=O) groups excluding carboxylic acids is 2. The molecule has 5 nitrogen and oxygen atoms in total. The van der Waals surface area contributed by atoms with Crippen molar-refractivity contribution in [3.8, 4) is 11.8 Å². The summed E-state index contributed by atoms with van der Waals surface area (Å²) in [6.45, 7) is 5.00. The van der Waals surface area contributed by atoms with Crippen molar-refractivity contribution in [2.75, 3.05) is 6.61 Å². The van der Waals surface area contributed by atoms with Gasteiger partial charge in [-0.3, -0.25) is 4.79 Å². The van der Waals surface area contributed by atoms with E-state index in [0.717, 1.165) is 19.3 Å². The van der Waals surface area contributed by atoms with Gasteiger partial charge in [0.15, 0.2) is 0 Å². The molecule has 0 spiro atoms. The summed E-state index contributed by atoms with van der Waals surface area (Å²) < 4.78 is 15.8. The third-order valence-corrected chi connectivity index (χ3v) is 3.66. The van der Waals surface area contributed by atoms with E-state index in [-0.39, 0.29) is 12.7 Å². The van der Waals surface area contributed by atoms with Crippen LogP contribution in [0.15, 0.2) is 0 Å². The molecular formula is C14H18O5. The van der Waals surface area contributed by atoms with E-state index in [1.165, 1.54) is 6.92 Å². The van der Waals surface area contributed by atoms with Gasteiger partial charge < -0.3 is 14.2 Å². The Balaban J connectivity index is 2.21. The molecule has 0 radical (unpaired) electrons. The van der Waals surface area contributed by atoms with Crippen molar-refractivity contribution >= 4 is 11.9 Å². The van der Waals surface area contributed by atoms with Crippen molar-refractivity contribution in [3.05, 3.63) is 0 Å². The van der Waals surface area contributed by atoms with E-state index in [9.17, 15) is 9.59 Å². The average molecular weight is 266 g/mol. The number of rotatable bonds is 3. The molecule has 0 aromatic rings. The van der Waals surface area contributed by atoms with Crippen LogP contribution in [0, 0.1) is 11.8 Å². The van der Waals surface area contributed by atoms with E-state index in [1.54, 1.807) is 13.8 Å². The van der Waals surface area contributed by atoms with Gasteiger partial charge in [-0.2, -0.15) is 0 Å². The van der Waals surface area contributed by atoms with Crippen LogP contribution < -0.4 is 0 Å². The summed E-state index contributed by atoms with van der Waals surface area (Å²) in [7, 11) is 0. The number of fused-ring (bicyclic) bond motifs is 1. The summed E-state index contributed by atoms with van der Waals surface area (Å²) in [5.41, 5.74) is -1.63. The summed E-state index contributed by atoms with van der Waals surface area (Å²) in [5.74, 6) is 4.08. The first-order valence-electron chi connectivity index (χ1n) is 6.51. The van der Waals surface area contributed by atoms with E-state index in [4.69, 9.17) is 14.2 Å². The zero-order chi connectivity index (χ0) is 14.1. The van der Waals surface area contributed by atoms with E-state index in [1.807, 2.05) is 0 Å². The fourth-order valence-electron chi connectivity index (χ4n) is 2.78. The van der Waals surface area contributed by atoms with Crippen LogP contribution in [0.5, 0.6) is 0 Å². The molecule has 1 saturated heterocycles. The van der Waals surface area contributed by atoms with Gasteiger partial charge in [0, 0.05) is 12.8 Å². The van der Waals surface area contributed by atoms with Crippen LogP contribution in [0.4, 0.5) is 0 Å². The van der Waals surface area contributed by atoms with Crippen LogP contribution in [0.2, 0.25) is 0 Å². The second-order valence-corrected chi connectivity index (χ2v) is 4.99. The fraction of sp³-hybridized carbons (Fsp3) is 0.714. The van der Waals surface area contributed by atoms with Crippen molar-refractivity contribution in [3.63, 3.8) is 0 Å². The van der Waals surface area contributed by atoms with Crippen LogP contribution in [0.1, 0.15) is 40.0 Å². The lowest BCUT2D eigenvalue weighted by atomic mass is 9.87. The molecular weight excluding hydrogens is 248 g/mol. The molecule has 2 fully saturated rings. The van der Waals surface area contributed by atoms with Crippen LogP contribution in [0.25, 0.3) is 0 Å². The van der Waals surface area contributed by atoms with E-state index in [2.05, 4.69) is 11.8 Å². The van der Waals surface area contributed by atoms with Gasteiger partial charge in [0.1, 0.15) is 5.60 Å². The molecule has 0 amide bonds. The van der Waals surface area contributed by atoms with Crippen molar-refractivity contribution in [2.45, 2.75) is 57.3 Å². The molecule has 5 heteroatoms. The predicted molar refractivity (Wildman–Crippen MR) is 66.0 cm³/mol. The minimum atomic E-state index is -1.09. The van der Waals surface area contributed by atoms with Gasteiger partial charge in [-0.05, 0) is 39.0 Å². The number of esters is 2. The molecule has 1 saturated carbocycles. The third kappa shape index (κ3) is 2.45. The second-order valence-electron chi connectivity index (χ2n) is 4.99. The van der Waals surface area contributed by atoms with Crippen LogP contribution in [0.3, 0.4) is 0 Å². The molecule has 19 heavy (non-hydrogen) atoms. The summed E-state index contributed by atoms with van der Waals surface area (Å²) in [5, 5.41) is 0. The molecule has 1 aliphatic carbocycles. The highest BCUT2D eigenvalue weighted by molar-refractivity contribution is 5.88. The van der Waals surface area contributed by atoms with Crippen molar-refractivity contribution in [1.29, 1.82) is 0 Å². The van der Waals surface area contributed by atoms with Gasteiger partial charge in [-0.25, -0.2) is 4.79 Å². The summed E-state index contributed by atoms with van der Waals surface area (Å²) in [6.07, 6.45) is 2.83. The van der Waals surface area contributed by atoms with Gasteiger partial charge in [-0.1, -0.05) is 0 Å². The van der Waals surface area contributed by atoms with E-state index < -0.39 is 23.1 Å². The number of epoxide rings is 1. The Bertz CT molecular complexity index is 460. The molecule has 0 unspecified atom stereocenters. The molecule has 0 N–H and O–H groups in total. The molecule has 0 aromatic carbocycles. The minimum Gasteiger partial charge on any atom is -0.456 e. The first kappa shape index (κ1) is 13.9. The normalized spacial score (nSPS) is 30.4. The zero-order valence-corrected chi connectivity index (χ0v) is 11.4. The molecule has 1 aliphatic heterocycles. The second kappa shape index (κ2) is 4.86.